The number of rotatable bonds is 9. The first kappa shape index (κ1) is 19.9. The van der Waals surface area contributed by atoms with Gasteiger partial charge in [0.2, 0.25) is 5.88 Å². The highest BCUT2D eigenvalue weighted by Gasteiger charge is 2.12. The van der Waals surface area contributed by atoms with Crippen LogP contribution in [-0.2, 0) is 0 Å². The second kappa shape index (κ2) is 9.40. The van der Waals surface area contributed by atoms with Gasteiger partial charge in [-0.25, -0.2) is 9.97 Å². The van der Waals surface area contributed by atoms with Gasteiger partial charge in [0.15, 0.2) is 0 Å². The number of nitrogens with zero attached hydrogens (tertiary/aromatic N) is 3. The summed E-state index contributed by atoms with van der Waals surface area (Å²) in [6.45, 7) is 5.90. The van der Waals surface area contributed by atoms with Gasteiger partial charge in [-0.1, -0.05) is 18.5 Å². The zero-order valence-corrected chi connectivity index (χ0v) is 17.1. The molecule has 0 atom stereocenters. The molecule has 5 nitrogen and oxygen atoms in total. The first-order chi connectivity index (χ1) is 13.2. The van der Waals surface area contributed by atoms with E-state index in [-0.39, 0.29) is 0 Å². The third-order valence-electron chi connectivity index (χ3n) is 4.57. The van der Waals surface area contributed by atoms with E-state index in [1.165, 1.54) is 0 Å². The highest BCUT2D eigenvalue weighted by Crippen LogP contribution is 2.32. The Morgan fingerprint density at radius 2 is 1.96 bits per heavy atom. The van der Waals surface area contributed by atoms with Crippen LogP contribution in [0.15, 0.2) is 30.3 Å². The number of halogens is 2. The van der Waals surface area contributed by atoms with Gasteiger partial charge >= 0.3 is 0 Å². The van der Waals surface area contributed by atoms with Crippen molar-refractivity contribution in [2.24, 2.45) is 0 Å². The molecule has 2 heterocycles. The number of pyridine rings is 2. The maximum Gasteiger partial charge on any atom is 0.213 e. The van der Waals surface area contributed by atoms with Crippen molar-refractivity contribution in [2.45, 2.75) is 13.3 Å². The van der Waals surface area contributed by atoms with Crippen LogP contribution in [0.3, 0.4) is 0 Å². The molecule has 3 aromatic rings. The number of methoxy groups -OCH3 is 1. The van der Waals surface area contributed by atoms with Gasteiger partial charge < -0.3 is 15.0 Å². The summed E-state index contributed by atoms with van der Waals surface area (Å²) >= 11 is 12.0. The number of hydrogen-bond acceptors (Lipinski definition) is 5. The maximum atomic E-state index is 6.16. The predicted molar refractivity (Wildman–Crippen MR) is 115 cm³/mol. The first-order valence-electron chi connectivity index (χ1n) is 9.12. The predicted octanol–water partition coefficient (Wildman–Crippen LogP) is 4.81. The van der Waals surface area contributed by atoms with Crippen LogP contribution in [0.1, 0.15) is 13.3 Å². The molecule has 0 spiro atoms. The maximum absolute atomic E-state index is 6.16. The molecule has 0 fully saturated rings. The number of hydrogen-bond donors (Lipinski definition) is 1. The number of benzene rings is 1. The van der Waals surface area contributed by atoms with Gasteiger partial charge in [-0.2, -0.15) is 0 Å². The van der Waals surface area contributed by atoms with Crippen molar-refractivity contribution >= 4 is 50.8 Å². The molecule has 0 aliphatic heterocycles. The van der Waals surface area contributed by atoms with E-state index in [4.69, 9.17) is 32.9 Å². The molecule has 0 radical (unpaired) electrons. The van der Waals surface area contributed by atoms with Crippen molar-refractivity contribution in [2.75, 3.05) is 44.5 Å². The lowest BCUT2D eigenvalue weighted by Gasteiger charge is -2.19. The molecule has 0 aliphatic carbocycles. The summed E-state index contributed by atoms with van der Waals surface area (Å²) in [4.78, 5) is 11.7. The van der Waals surface area contributed by atoms with Crippen LogP contribution in [0.5, 0.6) is 5.88 Å². The van der Waals surface area contributed by atoms with Crippen molar-refractivity contribution in [3.8, 4) is 5.88 Å². The summed E-state index contributed by atoms with van der Waals surface area (Å²) < 4.78 is 5.30. The smallest absolute Gasteiger partial charge is 0.213 e. The normalized spacial score (nSPS) is 11.4. The number of anilines is 1. The molecule has 7 heteroatoms. The van der Waals surface area contributed by atoms with E-state index < -0.39 is 0 Å². The number of fused-ring (bicyclic) bond motifs is 2. The SMILES string of the molecule is CCN(CCCl)CCCNc1c2ccc(Cl)cc2nc2ccc(OC)nc12. The fourth-order valence-corrected chi connectivity index (χ4v) is 3.54. The van der Waals surface area contributed by atoms with Gasteiger partial charge in [0.05, 0.1) is 23.8 Å². The highest BCUT2D eigenvalue weighted by atomic mass is 35.5. The molecule has 1 aromatic carbocycles. The van der Waals surface area contributed by atoms with Crippen molar-refractivity contribution in [1.82, 2.24) is 14.9 Å². The average Bonchev–Trinajstić information content (AvgIpc) is 2.68. The minimum absolute atomic E-state index is 0.569. The van der Waals surface area contributed by atoms with E-state index in [0.717, 1.165) is 60.2 Å². The Bertz CT molecular complexity index is 919. The Balaban J connectivity index is 1.90. The Morgan fingerprint density at radius 1 is 1.11 bits per heavy atom. The lowest BCUT2D eigenvalue weighted by atomic mass is 10.1. The average molecular weight is 407 g/mol. The number of nitrogens with one attached hydrogen (secondary N) is 1. The van der Waals surface area contributed by atoms with Crippen LogP contribution in [-0.4, -0.2) is 54.0 Å². The lowest BCUT2D eigenvalue weighted by molar-refractivity contribution is 0.304. The summed E-state index contributed by atoms with van der Waals surface area (Å²) in [5.41, 5.74) is 3.43. The third kappa shape index (κ3) is 4.72. The van der Waals surface area contributed by atoms with Gasteiger partial charge in [0.25, 0.3) is 0 Å². The second-order valence-corrected chi connectivity index (χ2v) is 7.09. The molecule has 144 valence electrons. The molecule has 0 bridgehead atoms. The zero-order valence-electron chi connectivity index (χ0n) is 15.6. The number of ether oxygens (including phenoxy) is 1. The Kier molecular flexibility index (Phi) is 6.94. The molecule has 0 amide bonds. The molecule has 2 aromatic heterocycles. The minimum atomic E-state index is 0.569. The van der Waals surface area contributed by atoms with E-state index in [1.54, 1.807) is 7.11 Å². The van der Waals surface area contributed by atoms with E-state index in [9.17, 15) is 0 Å². The summed E-state index contributed by atoms with van der Waals surface area (Å²) in [5, 5.41) is 5.23. The Hall–Kier alpha value is -1.82. The quantitative estimate of drug-likeness (QED) is 0.314. The molecule has 0 saturated heterocycles. The molecule has 3 rings (SSSR count). The monoisotopic (exact) mass is 406 g/mol. The van der Waals surface area contributed by atoms with Crippen LogP contribution >= 0.6 is 23.2 Å². The van der Waals surface area contributed by atoms with Gasteiger partial charge in [0, 0.05) is 35.4 Å². The highest BCUT2D eigenvalue weighted by molar-refractivity contribution is 6.31. The van der Waals surface area contributed by atoms with E-state index in [0.29, 0.717) is 16.8 Å². The zero-order chi connectivity index (χ0) is 19.2. The lowest BCUT2D eigenvalue weighted by Crippen LogP contribution is -2.27. The van der Waals surface area contributed by atoms with Crippen LogP contribution in [0.2, 0.25) is 5.02 Å². The molecule has 0 aliphatic rings. The van der Waals surface area contributed by atoms with Gasteiger partial charge in [-0.15, -0.1) is 11.6 Å². The number of aromatic nitrogens is 2. The van der Waals surface area contributed by atoms with Gasteiger partial charge in [-0.3, -0.25) is 0 Å². The summed E-state index contributed by atoms with van der Waals surface area (Å²) in [7, 11) is 1.62. The van der Waals surface area contributed by atoms with Crippen molar-refractivity contribution in [1.29, 1.82) is 0 Å². The minimum Gasteiger partial charge on any atom is -0.481 e. The van der Waals surface area contributed by atoms with Crippen molar-refractivity contribution in [3.63, 3.8) is 0 Å². The molecule has 27 heavy (non-hydrogen) atoms. The number of alkyl halides is 1. The third-order valence-corrected chi connectivity index (χ3v) is 4.97. The summed E-state index contributed by atoms with van der Waals surface area (Å²) in [6.07, 6.45) is 1.01. The van der Waals surface area contributed by atoms with Crippen LogP contribution in [0.25, 0.3) is 21.9 Å². The van der Waals surface area contributed by atoms with Gasteiger partial charge in [0.1, 0.15) is 5.52 Å². The molecule has 0 unspecified atom stereocenters. The summed E-state index contributed by atoms with van der Waals surface area (Å²) in [6, 6.07) is 9.49. The van der Waals surface area contributed by atoms with Gasteiger partial charge in [-0.05, 0) is 43.8 Å². The van der Waals surface area contributed by atoms with Crippen molar-refractivity contribution in [3.05, 3.63) is 35.4 Å². The first-order valence-corrected chi connectivity index (χ1v) is 10.0. The van der Waals surface area contributed by atoms with E-state index >= 15 is 0 Å². The standard InChI is InChI=1S/C20H24Cl2N4O/c1-3-26(12-9-21)11-4-10-23-19-15-6-5-14(22)13-17(15)24-16-7-8-18(27-2)25-20(16)19/h5-8,13H,3-4,9-12H2,1-2H3,(H,23,24). The summed E-state index contributed by atoms with van der Waals surface area (Å²) in [5.74, 6) is 1.23. The topological polar surface area (TPSA) is 50.3 Å². The molecule has 1 N–H and O–H groups in total. The Labute approximate surface area is 169 Å². The fourth-order valence-electron chi connectivity index (χ4n) is 3.13. The molecule has 0 saturated carbocycles. The van der Waals surface area contributed by atoms with E-state index in [2.05, 4.69) is 22.1 Å². The second-order valence-electron chi connectivity index (χ2n) is 6.27. The largest absolute Gasteiger partial charge is 0.481 e. The molecular formula is C20H24Cl2N4O. The van der Waals surface area contributed by atoms with E-state index in [1.807, 2.05) is 30.3 Å². The van der Waals surface area contributed by atoms with Crippen molar-refractivity contribution < 1.29 is 4.74 Å². The fraction of sp³-hybridized carbons (Fsp3) is 0.400. The molecular weight excluding hydrogens is 383 g/mol. The van der Waals surface area contributed by atoms with Crippen LogP contribution in [0.4, 0.5) is 5.69 Å². The van der Waals surface area contributed by atoms with Crippen LogP contribution < -0.4 is 10.1 Å². The Morgan fingerprint density at radius 3 is 2.70 bits per heavy atom. The van der Waals surface area contributed by atoms with Crippen LogP contribution in [0, 0.1) is 0 Å².